The number of hydrogen-bond donors (Lipinski definition) is 4. The Balaban J connectivity index is 1.46. The number of ether oxygens (including phenoxy) is 1. The fraction of sp³-hybridized carbons (Fsp3) is 0.240. The normalized spacial score (nSPS) is 13.1. The molecule has 2 heterocycles. The van der Waals surface area contributed by atoms with E-state index in [0.717, 1.165) is 6.08 Å². The van der Waals surface area contributed by atoms with E-state index in [1.54, 1.807) is 24.3 Å². The van der Waals surface area contributed by atoms with Gasteiger partial charge < -0.3 is 35.6 Å². The van der Waals surface area contributed by atoms with Crippen molar-refractivity contribution in [1.82, 2.24) is 25.1 Å². The molecule has 0 bridgehead atoms. The predicted molar refractivity (Wildman–Crippen MR) is 146 cm³/mol. The molecule has 4 amide bonds. The predicted octanol–water partition coefficient (Wildman–Crippen LogP) is 3.78. The van der Waals surface area contributed by atoms with Crippen LogP contribution < -0.4 is 20.7 Å². The molecule has 0 unspecified atom stereocenters. The van der Waals surface area contributed by atoms with Gasteiger partial charge in [-0.15, -0.1) is 0 Å². The summed E-state index contributed by atoms with van der Waals surface area (Å²) in [5.41, 5.74) is 0.977. The summed E-state index contributed by atoms with van der Waals surface area (Å²) in [6, 6.07) is 7.45. The first-order valence-corrected chi connectivity index (χ1v) is 12.6. The summed E-state index contributed by atoms with van der Waals surface area (Å²) in [5, 5.41) is 17.9. The van der Waals surface area contributed by atoms with Crippen molar-refractivity contribution in [3.63, 3.8) is 0 Å². The van der Waals surface area contributed by atoms with Crippen LogP contribution in [0.2, 0.25) is 0 Å². The van der Waals surface area contributed by atoms with Gasteiger partial charge in [0.1, 0.15) is 30.3 Å². The molecule has 0 radical (unpaired) electrons. The van der Waals surface area contributed by atoms with Crippen molar-refractivity contribution in [3.8, 4) is 5.75 Å². The molecule has 1 aromatic heterocycles. The molecule has 0 spiro atoms. The number of rotatable bonds is 8. The number of urea groups is 1. The lowest BCUT2D eigenvalue weighted by atomic mass is 10.1. The number of amides is 4. The molecular weight excluding hydrogens is 577 g/mol. The van der Waals surface area contributed by atoms with Crippen LogP contribution in [-0.4, -0.2) is 82.2 Å². The van der Waals surface area contributed by atoms with Gasteiger partial charge in [0.2, 0.25) is 5.91 Å². The van der Waals surface area contributed by atoms with Gasteiger partial charge in [0.25, 0.3) is 0 Å². The minimum atomic E-state index is -1.01. The maximum absolute atomic E-state index is 14.4. The van der Waals surface area contributed by atoms with Crippen LogP contribution in [-0.2, 0) is 4.79 Å². The zero-order valence-corrected chi connectivity index (χ0v) is 22.2. The molecule has 0 saturated carbocycles. The highest BCUT2D eigenvalue weighted by atomic mass is 79.9. The van der Waals surface area contributed by atoms with E-state index in [4.69, 9.17) is 9.84 Å². The first kappa shape index (κ1) is 27.6. The van der Waals surface area contributed by atoms with Crippen LogP contribution in [0, 0.1) is 5.82 Å². The average Bonchev–Trinajstić information content (AvgIpc) is 2.92. The van der Waals surface area contributed by atoms with Crippen molar-refractivity contribution in [1.29, 1.82) is 0 Å². The minimum Gasteiger partial charge on any atom is -0.489 e. The number of fused-ring (bicyclic) bond motifs is 1. The van der Waals surface area contributed by atoms with Crippen LogP contribution in [0.1, 0.15) is 0 Å². The highest BCUT2D eigenvalue weighted by Crippen LogP contribution is 2.34. The molecule has 12 nitrogen and oxygen atoms in total. The van der Waals surface area contributed by atoms with E-state index in [-0.39, 0.29) is 38.0 Å². The number of carbonyl (C=O) groups excluding carboxylic acids is 2. The van der Waals surface area contributed by atoms with Crippen molar-refractivity contribution in [2.75, 3.05) is 50.0 Å². The number of nitrogens with one attached hydrogen (secondary N) is 3. The molecule has 1 aliphatic heterocycles. The lowest BCUT2D eigenvalue weighted by Crippen LogP contribution is -2.53. The van der Waals surface area contributed by atoms with E-state index in [0.29, 0.717) is 45.7 Å². The summed E-state index contributed by atoms with van der Waals surface area (Å²) in [6.45, 7) is 4.78. The van der Waals surface area contributed by atoms with Gasteiger partial charge in [-0.1, -0.05) is 22.5 Å². The van der Waals surface area contributed by atoms with Gasteiger partial charge in [-0.2, -0.15) is 0 Å². The summed E-state index contributed by atoms with van der Waals surface area (Å²) < 4.78 is 20.9. The quantitative estimate of drug-likeness (QED) is 0.225. The minimum absolute atomic E-state index is 0.0730. The van der Waals surface area contributed by atoms with Crippen molar-refractivity contribution >= 4 is 62.1 Å². The highest BCUT2D eigenvalue weighted by Gasteiger charge is 2.23. The average molecular weight is 602 g/mol. The first-order chi connectivity index (χ1) is 18.7. The number of benzene rings is 2. The smallest absolute Gasteiger partial charge is 0.407 e. The van der Waals surface area contributed by atoms with Gasteiger partial charge in [0.05, 0.1) is 23.4 Å². The third-order valence-electron chi connectivity index (χ3n) is 5.84. The SMILES string of the molecule is C=CC(=O)Nc1cc2c(Nc3ccc(Br)cc3F)ncnc2cc1OCCNC(=O)N1CCN(C(=O)O)CC1. The topological polar surface area (TPSA) is 149 Å². The van der Waals surface area contributed by atoms with Gasteiger partial charge in [0, 0.05) is 42.1 Å². The third kappa shape index (κ3) is 6.90. The maximum atomic E-state index is 14.4. The second-order valence-electron chi connectivity index (χ2n) is 8.37. The van der Waals surface area contributed by atoms with E-state index in [9.17, 15) is 18.8 Å². The number of carbonyl (C=O) groups is 3. The molecule has 0 aliphatic carbocycles. The van der Waals surface area contributed by atoms with Gasteiger partial charge in [0.15, 0.2) is 0 Å². The van der Waals surface area contributed by atoms with Crippen LogP contribution in [0.3, 0.4) is 0 Å². The van der Waals surface area contributed by atoms with E-state index >= 15 is 0 Å². The zero-order valence-electron chi connectivity index (χ0n) is 20.6. The van der Waals surface area contributed by atoms with Gasteiger partial charge >= 0.3 is 12.1 Å². The van der Waals surface area contributed by atoms with E-state index in [2.05, 4.69) is 48.4 Å². The Labute approximate surface area is 231 Å². The van der Waals surface area contributed by atoms with E-state index < -0.39 is 17.8 Å². The Morgan fingerprint density at radius 2 is 1.85 bits per heavy atom. The van der Waals surface area contributed by atoms with Crippen molar-refractivity contribution in [3.05, 3.63) is 59.6 Å². The van der Waals surface area contributed by atoms with Crippen LogP contribution >= 0.6 is 15.9 Å². The molecule has 0 atom stereocenters. The summed E-state index contributed by atoms with van der Waals surface area (Å²) >= 11 is 3.23. The summed E-state index contributed by atoms with van der Waals surface area (Å²) in [5.74, 6) is -0.348. The fourth-order valence-corrected chi connectivity index (χ4v) is 4.17. The van der Waals surface area contributed by atoms with Crippen molar-refractivity contribution < 1.29 is 28.6 Å². The number of aromatic nitrogens is 2. The molecule has 4 N–H and O–H groups in total. The maximum Gasteiger partial charge on any atom is 0.407 e. The Bertz CT molecular complexity index is 1420. The molecule has 3 aromatic rings. The number of piperazine rings is 1. The Hall–Kier alpha value is -4.46. The Morgan fingerprint density at radius 1 is 1.10 bits per heavy atom. The molecule has 204 valence electrons. The number of hydrogen-bond acceptors (Lipinski definition) is 7. The van der Waals surface area contributed by atoms with E-state index in [1.165, 1.54) is 22.2 Å². The standard InChI is InChI=1S/C25H25BrFN7O5/c1-2-22(35)31-20-12-16-19(29-14-30-23(16)32-18-4-3-15(26)11-17(18)27)13-21(20)39-10-5-28-24(36)33-6-8-34(9-7-33)25(37)38/h2-4,11-14H,1,5-10H2,(H,28,36)(H,31,35)(H,37,38)(H,29,30,32). The van der Waals surface area contributed by atoms with Crippen LogP contribution in [0.15, 0.2) is 53.8 Å². The second-order valence-corrected chi connectivity index (χ2v) is 9.28. The zero-order chi connectivity index (χ0) is 27.9. The Morgan fingerprint density at radius 3 is 2.54 bits per heavy atom. The molecular formula is C25H25BrFN7O5. The second kappa shape index (κ2) is 12.4. The van der Waals surface area contributed by atoms with Crippen LogP contribution in [0.25, 0.3) is 10.9 Å². The number of halogens is 2. The van der Waals surface area contributed by atoms with Crippen molar-refractivity contribution in [2.45, 2.75) is 0 Å². The van der Waals surface area contributed by atoms with Gasteiger partial charge in [-0.25, -0.2) is 23.9 Å². The monoisotopic (exact) mass is 601 g/mol. The van der Waals surface area contributed by atoms with Gasteiger partial charge in [-0.05, 0) is 30.3 Å². The number of anilines is 3. The molecule has 1 aliphatic rings. The summed E-state index contributed by atoms with van der Waals surface area (Å²) in [4.78, 5) is 46.8. The van der Waals surface area contributed by atoms with Gasteiger partial charge in [-0.3, -0.25) is 4.79 Å². The van der Waals surface area contributed by atoms with Crippen LogP contribution in [0.4, 0.5) is 31.2 Å². The lowest BCUT2D eigenvalue weighted by Gasteiger charge is -2.33. The highest BCUT2D eigenvalue weighted by molar-refractivity contribution is 9.10. The first-order valence-electron chi connectivity index (χ1n) is 11.8. The summed E-state index contributed by atoms with van der Waals surface area (Å²) in [7, 11) is 0. The molecule has 1 saturated heterocycles. The number of nitrogens with zero attached hydrogens (tertiary/aromatic N) is 4. The Kier molecular flexibility index (Phi) is 8.76. The van der Waals surface area contributed by atoms with Crippen LogP contribution in [0.5, 0.6) is 5.75 Å². The lowest BCUT2D eigenvalue weighted by molar-refractivity contribution is -0.111. The van der Waals surface area contributed by atoms with Crippen molar-refractivity contribution in [2.24, 2.45) is 0 Å². The molecule has 1 fully saturated rings. The molecule has 4 rings (SSSR count). The molecule has 2 aromatic carbocycles. The number of carboxylic acid groups (broad SMARTS) is 1. The fourth-order valence-electron chi connectivity index (χ4n) is 3.83. The molecule has 39 heavy (non-hydrogen) atoms. The summed E-state index contributed by atoms with van der Waals surface area (Å²) in [6.07, 6.45) is 1.42. The molecule has 14 heteroatoms. The largest absolute Gasteiger partial charge is 0.489 e. The third-order valence-corrected chi connectivity index (χ3v) is 6.33. The van der Waals surface area contributed by atoms with E-state index in [1.807, 2.05) is 0 Å².